The highest BCUT2D eigenvalue weighted by Gasteiger charge is 2.42. The van der Waals surface area contributed by atoms with Crippen LogP contribution >= 0.6 is 0 Å². The Bertz CT molecular complexity index is 1670. The summed E-state index contributed by atoms with van der Waals surface area (Å²) in [5.41, 5.74) is -1.52. The number of anilines is 2. The number of fused-ring (bicyclic) bond motifs is 1. The van der Waals surface area contributed by atoms with Gasteiger partial charge in [0.2, 0.25) is 0 Å². The summed E-state index contributed by atoms with van der Waals surface area (Å²) >= 11 is 0. The van der Waals surface area contributed by atoms with Crippen LogP contribution in [0.4, 0.5) is 37.7 Å². The lowest BCUT2D eigenvalue weighted by Gasteiger charge is -2.43. The van der Waals surface area contributed by atoms with Crippen LogP contribution in [0, 0.1) is 0 Å². The Hall–Kier alpha value is -4.14. The van der Waals surface area contributed by atoms with Gasteiger partial charge in [-0.2, -0.15) is 26.3 Å². The van der Waals surface area contributed by atoms with Gasteiger partial charge in [0.1, 0.15) is 17.6 Å². The molecule has 3 aromatic carbocycles. The van der Waals surface area contributed by atoms with Crippen molar-refractivity contribution in [3.63, 3.8) is 0 Å². The lowest BCUT2D eigenvalue weighted by molar-refractivity contribution is -0.139. The fourth-order valence-corrected chi connectivity index (χ4v) is 6.93. The second-order valence-electron chi connectivity index (χ2n) is 10.4. The molecule has 5 rings (SSSR count). The molecule has 0 bridgehead atoms. The SMILES string of the molecule is COc1cccc(C(F)(F)F)c1C1CN(c2ccc3c(c2)N(S(=O)(=O)c2cccc(C(F)(F)F)c2)C[C@H](CCC(=O)O)O3)C1. The third kappa shape index (κ3) is 6.10. The van der Waals surface area contributed by atoms with Gasteiger partial charge in [0, 0.05) is 36.7 Å². The summed E-state index contributed by atoms with van der Waals surface area (Å²) in [4.78, 5) is 12.3. The number of rotatable bonds is 8. The normalized spacial score (nSPS) is 17.5. The Morgan fingerprint density at radius 3 is 2.32 bits per heavy atom. The topological polar surface area (TPSA) is 96.4 Å². The van der Waals surface area contributed by atoms with Gasteiger partial charge in [-0.25, -0.2) is 8.42 Å². The van der Waals surface area contributed by atoms with Gasteiger partial charge >= 0.3 is 18.3 Å². The number of sulfonamides is 1. The molecule has 1 atom stereocenters. The summed E-state index contributed by atoms with van der Waals surface area (Å²) in [6, 6.07) is 11.4. The second kappa shape index (κ2) is 11.4. The van der Waals surface area contributed by atoms with Crippen molar-refractivity contribution >= 4 is 27.4 Å². The maximum atomic E-state index is 13.8. The van der Waals surface area contributed by atoms with Gasteiger partial charge in [-0.1, -0.05) is 12.1 Å². The van der Waals surface area contributed by atoms with Crippen LogP contribution in [-0.2, 0) is 27.2 Å². The summed E-state index contributed by atoms with van der Waals surface area (Å²) < 4.78 is 121. The van der Waals surface area contributed by atoms with Gasteiger partial charge in [-0.15, -0.1) is 0 Å². The molecule has 15 heteroatoms. The molecule has 0 saturated carbocycles. The number of benzene rings is 3. The fraction of sp³-hybridized carbons (Fsp3) is 0.345. The van der Waals surface area contributed by atoms with Crippen molar-refractivity contribution in [3.8, 4) is 11.5 Å². The molecular weight excluding hydrogens is 618 g/mol. The summed E-state index contributed by atoms with van der Waals surface area (Å²) in [5, 5.41) is 9.11. The number of carboxylic acid groups (broad SMARTS) is 1. The molecule has 0 spiro atoms. The number of hydrogen-bond acceptors (Lipinski definition) is 6. The number of nitrogens with zero attached hydrogens (tertiary/aromatic N) is 2. The fourth-order valence-electron chi connectivity index (χ4n) is 5.38. The maximum Gasteiger partial charge on any atom is 0.416 e. The number of methoxy groups -OCH3 is 1. The monoisotopic (exact) mass is 644 g/mol. The second-order valence-corrected chi connectivity index (χ2v) is 12.3. The van der Waals surface area contributed by atoms with Crippen LogP contribution in [0.2, 0.25) is 0 Å². The van der Waals surface area contributed by atoms with Crippen molar-refractivity contribution in [2.45, 2.75) is 42.1 Å². The first kappa shape index (κ1) is 31.3. The summed E-state index contributed by atoms with van der Waals surface area (Å²) in [5.74, 6) is -1.54. The zero-order valence-corrected chi connectivity index (χ0v) is 23.8. The predicted molar refractivity (Wildman–Crippen MR) is 147 cm³/mol. The smallest absolute Gasteiger partial charge is 0.416 e. The van der Waals surface area contributed by atoms with E-state index in [0.29, 0.717) is 11.8 Å². The number of halogens is 6. The van der Waals surface area contributed by atoms with Crippen molar-refractivity contribution in [1.29, 1.82) is 0 Å². The van der Waals surface area contributed by atoms with Gasteiger partial charge in [0.15, 0.2) is 0 Å². The first-order valence-electron chi connectivity index (χ1n) is 13.3. The Labute approximate surface area is 248 Å². The van der Waals surface area contributed by atoms with E-state index in [4.69, 9.17) is 14.6 Å². The van der Waals surface area contributed by atoms with E-state index in [1.165, 1.54) is 31.4 Å². The third-order valence-electron chi connectivity index (χ3n) is 7.55. The molecule has 0 aromatic heterocycles. The molecule has 1 fully saturated rings. The summed E-state index contributed by atoms with van der Waals surface area (Å²) in [7, 11) is -3.32. The van der Waals surface area contributed by atoms with E-state index in [9.17, 15) is 39.6 Å². The standard InChI is InChI=1S/C29H26F6N2O6S/c1-42-25-7-3-6-22(29(33,34)35)27(25)17-14-36(15-17)19-8-10-24-23(13-19)37(16-20(43-24)9-11-26(38)39)44(40,41)21-5-2-4-18(12-21)28(30,31)32/h2-8,10,12-13,17,20H,9,11,14-16H2,1H3,(H,38,39)/t20-/m0/s1. The van der Waals surface area contributed by atoms with Gasteiger partial charge in [-0.05, 0) is 55.0 Å². The first-order valence-corrected chi connectivity index (χ1v) is 14.7. The van der Waals surface area contributed by atoms with Crippen molar-refractivity contribution in [2.24, 2.45) is 0 Å². The van der Waals surface area contributed by atoms with Gasteiger partial charge in [-0.3, -0.25) is 9.10 Å². The Kier molecular flexibility index (Phi) is 8.12. The van der Waals surface area contributed by atoms with E-state index < -0.39 is 56.4 Å². The summed E-state index contributed by atoms with van der Waals surface area (Å²) in [6.07, 6.45) is -10.7. The highest BCUT2D eigenvalue weighted by molar-refractivity contribution is 7.92. The van der Waals surface area contributed by atoms with Gasteiger partial charge < -0.3 is 19.5 Å². The van der Waals surface area contributed by atoms with E-state index in [1.54, 1.807) is 11.0 Å². The van der Waals surface area contributed by atoms with E-state index in [0.717, 1.165) is 28.6 Å². The van der Waals surface area contributed by atoms with Crippen LogP contribution in [0.1, 0.15) is 35.4 Å². The lowest BCUT2D eigenvalue weighted by atomic mass is 9.86. The Balaban J connectivity index is 1.48. The van der Waals surface area contributed by atoms with Crippen molar-refractivity contribution in [3.05, 3.63) is 77.4 Å². The molecule has 44 heavy (non-hydrogen) atoms. The molecule has 8 nitrogen and oxygen atoms in total. The van der Waals surface area contributed by atoms with Crippen LogP contribution < -0.4 is 18.7 Å². The number of alkyl halides is 6. The Morgan fingerprint density at radius 2 is 1.68 bits per heavy atom. The number of ether oxygens (including phenoxy) is 2. The first-order chi connectivity index (χ1) is 20.6. The molecule has 236 valence electrons. The average Bonchev–Trinajstić information content (AvgIpc) is 2.94. The predicted octanol–water partition coefficient (Wildman–Crippen LogP) is 6.16. The van der Waals surface area contributed by atoms with Crippen molar-refractivity contribution < 1.29 is 54.1 Å². The molecule has 2 aliphatic rings. The Morgan fingerprint density at radius 1 is 0.977 bits per heavy atom. The van der Waals surface area contributed by atoms with E-state index >= 15 is 0 Å². The van der Waals surface area contributed by atoms with Crippen LogP contribution in [0.3, 0.4) is 0 Å². The quantitative estimate of drug-likeness (QED) is 0.294. The van der Waals surface area contributed by atoms with E-state index in [2.05, 4.69) is 0 Å². The van der Waals surface area contributed by atoms with Crippen LogP contribution in [0.25, 0.3) is 0 Å². The van der Waals surface area contributed by atoms with Crippen molar-refractivity contribution in [1.82, 2.24) is 0 Å². The molecule has 2 aliphatic heterocycles. The highest BCUT2D eigenvalue weighted by atomic mass is 32.2. The number of carboxylic acids is 1. The number of hydrogen-bond donors (Lipinski definition) is 1. The molecule has 1 saturated heterocycles. The minimum Gasteiger partial charge on any atom is -0.496 e. The van der Waals surface area contributed by atoms with Crippen LogP contribution in [0.5, 0.6) is 11.5 Å². The molecule has 0 unspecified atom stereocenters. The lowest BCUT2D eigenvalue weighted by Crippen LogP contribution is -2.46. The molecular formula is C29H26F6N2O6S. The van der Waals surface area contributed by atoms with Crippen molar-refractivity contribution in [2.75, 3.05) is 35.9 Å². The zero-order valence-electron chi connectivity index (χ0n) is 23.0. The van der Waals surface area contributed by atoms with Gasteiger partial charge in [0.25, 0.3) is 10.0 Å². The molecule has 0 amide bonds. The largest absolute Gasteiger partial charge is 0.496 e. The highest BCUT2D eigenvalue weighted by Crippen LogP contribution is 2.46. The van der Waals surface area contributed by atoms with E-state index in [-0.39, 0.29) is 55.2 Å². The minimum absolute atomic E-state index is 0.00297. The zero-order chi connectivity index (χ0) is 32.0. The molecule has 1 N–H and O–H groups in total. The number of aliphatic carboxylic acids is 1. The van der Waals surface area contributed by atoms with Crippen LogP contribution in [0.15, 0.2) is 65.6 Å². The molecule has 0 aliphatic carbocycles. The van der Waals surface area contributed by atoms with Crippen LogP contribution in [-0.4, -0.2) is 52.3 Å². The molecule has 2 heterocycles. The maximum absolute atomic E-state index is 13.8. The molecule has 3 aromatic rings. The third-order valence-corrected chi connectivity index (χ3v) is 9.33. The van der Waals surface area contributed by atoms with Gasteiger partial charge in [0.05, 0.1) is 35.4 Å². The average molecular weight is 645 g/mol. The molecule has 0 radical (unpaired) electrons. The summed E-state index contributed by atoms with van der Waals surface area (Å²) in [6.45, 7) is -0.0868. The van der Waals surface area contributed by atoms with E-state index in [1.807, 2.05) is 0 Å². The minimum atomic E-state index is -4.80. The number of carbonyl (C=O) groups is 1.